The minimum Gasteiger partial charge on any atom is -0.366 e. The van der Waals surface area contributed by atoms with Gasteiger partial charge in [0.15, 0.2) is 0 Å². The van der Waals surface area contributed by atoms with E-state index in [1.54, 1.807) is 0 Å². The minimum absolute atomic E-state index is 0.203. The minimum atomic E-state index is 0.203. The normalized spacial score (nSPS) is 43.8. The lowest BCUT2D eigenvalue weighted by Gasteiger charge is -2.01. The number of hydrogen-bond acceptors (Lipinski definition) is 1. The Bertz CT molecular complexity index is 229. The number of ether oxygens (including phenoxy) is 1. The summed E-state index contributed by atoms with van der Waals surface area (Å²) in [7, 11) is 0. The van der Waals surface area contributed by atoms with Crippen LogP contribution in [0.25, 0.3) is 0 Å². The molecule has 1 heterocycles. The third kappa shape index (κ3) is 1.46. The maximum atomic E-state index is 5.65. The third-order valence-electron chi connectivity index (χ3n) is 2.92. The van der Waals surface area contributed by atoms with Crippen molar-refractivity contribution in [3.8, 4) is 0 Å². The Morgan fingerprint density at radius 2 is 2.50 bits per heavy atom. The first kappa shape index (κ1) is 8.06. The van der Waals surface area contributed by atoms with Crippen LogP contribution in [-0.2, 0) is 4.74 Å². The molecule has 0 radical (unpaired) electrons. The van der Waals surface area contributed by atoms with Crippen molar-refractivity contribution in [2.24, 2.45) is 0 Å². The Kier molecular flexibility index (Phi) is 1.84. The fourth-order valence-corrected chi connectivity index (χ4v) is 1.89. The molecule has 66 valence electrons. The van der Waals surface area contributed by atoms with Crippen molar-refractivity contribution in [3.63, 3.8) is 0 Å². The molecule has 0 saturated carbocycles. The Morgan fingerprint density at radius 1 is 1.67 bits per heavy atom. The second-order valence-corrected chi connectivity index (χ2v) is 4.06. The fraction of sp³-hybridized carbons (Fsp3) is 0.636. The molecule has 1 heteroatoms. The van der Waals surface area contributed by atoms with Crippen LogP contribution in [0, 0.1) is 0 Å². The summed E-state index contributed by atoms with van der Waals surface area (Å²) >= 11 is 0. The van der Waals surface area contributed by atoms with Crippen molar-refractivity contribution in [1.82, 2.24) is 0 Å². The average Bonchev–Trinajstić information content (AvgIpc) is 2.67. The van der Waals surface area contributed by atoms with Gasteiger partial charge in [0, 0.05) is 0 Å². The summed E-state index contributed by atoms with van der Waals surface area (Å²) in [5, 5.41) is 0. The highest BCUT2D eigenvalue weighted by atomic mass is 16.6. The van der Waals surface area contributed by atoms with Gasteiger partial charge in [0.05, 0.1) is 11.7 Å². The predicted molar refractivity (Wildman–Crippen MR) is 50.0 cm³/mol. The molecule has 12 heavy (non-hydrogen) atoms. The smallest absolute Gasteiger partial charge is 0.0923 e. The molecule has 2 atom stereocenters. The van der Waals surface area contributed by atoms with Gasteiger partial charge in [-0.2, -0.15) is 0 Å². The van der Waals surface area contributed by atoms with Crippen LogP contribution in [0.15, 0.2) is 24.3 Å². The molecule has 0 spiro atoms. The molecular formula is C11H16O. The van der Waals surface area contributed by atoms with Crippen LogP contribution in [0.1, 0.15) is 32.6 Å². The van der Waals surface area contributed by atoms with Crippen molar-refractivity contribution in [2.75, 3.05) is 0 Å². The Balaban J connectivity index is 2.02. The monoisotopic (exact) mass is 164 g/mol. The molecule has 2 aliphatic rings. The molecule has 1 nitrogen and oxygen atoms in total. The first-order valence-corrected chi connectivity index (χ1v) is 4.73. The highest BCUT2D eigenvalue weighted by molar-refractivity contribution is 5.17. The zero-order valence-corrected chi connectivity index (χ0v) is 7.68. The average molecular weight is 164 g/mol. The summed E-state index contributed by atoms with van der Waals surface area (Å²) in [6, 6.07) is 0. The zero-order valence-electron chi connectivity index (χ0n) is 7.68. The highest BCUT2D eigenvalue weighted by Gasteiger charge is 2.50. The Morgan fingerprint density at radius 3 is 3.33 bits per heavy atom. The molecule has 0 aromatic rings. The lowest BCUT2D eigenvalue weighted by molar-refractivity contribution is 0.295. The van der Waals surface area contributed by atoms with Gasteiger partial charge < -0.3 is 4.74 Å². The number of hydrogen-bond donors (Lipinski definition) is 0. The summed E-state index contributed by atoms with van der Waals surface area (Å²) in [5.41, 5.74) is 1.45. The van der Waals surface area contributed by atoms with E-state index in [2.05, 4.69) is 25.7 Å². The Hall–Kier alpha value is -0.560. The first-order chi connectivity index (χ1) is 5.71. The van der Waals surface area contributed by atoms with Crippen molar-refractivity contribution in [2.45, 2.75) is 44.3 Å². The van der Waals surface area contributed by atoms with Gasteiger partial charge in [-0.05, 0) is 32.6 Å². The maximum Gasteiger partial charge on any atom is 0.0923 e. The molecule has 0 aromatic carbocycles. The summed E-state index contributed by atoms with van der Waals surface area (Å²) < 4.78 is 5.65. The van der Waals surface area contributed by atoms with Crippen LogP contribution in [0.3, 0.4) is 0 Å². The van der Waals surface area contributed by atoms with Gasteiger partial charge in [-0.3, -0.25) is 0 Å². The van der Waals surface area contributed by atoms with E-state index in [0.29, 0.717) is 6.10 Å². The zero-order chi connectivity index (χ0) is 8.60. The highest BCUT2D eigenvalue weighted by Crippen LogP contribution is 2.44. The largest absolute Gasteiger partial charge is 0.366 e. The molecule has 1 aliphatic heterocycles. The molecule has 0 aromatic heterocycles. The van der Waals surface area contributed by atoms with E-state index in [0.717, 1.165) is 19.3 Å². The van der Waals surface area contributed by atoms with Crippen molar-refractivity contribution in [3.05, 3.63) is 24.3 Å². The van der Waals surface area contributed by atoms with Gasteiger partial charge in [-0.15, -0.1) is 0 Å². The van der Waals surface area contributed by atoms with Gasteiger partial charge in [-0.25, -0.2) is 0 Å². The van der Waals surface area contributed by atoms with Crippen molar-refractivity contribution < 1.29 is 4.74 Å². The van der Waals surface area contributed by atoms with Crippen LogP contribution >= 0.6 is 0 Å². The summed E-state index contributed by atoms with van der Waals surface area (Å²) in [5.74, 6) is 0. The summed E-state index contributed by atoms with van der Waals surface area (Å²) in [6.45, 7) is 6.21. The molecule has 1 fully saturated rings. The quantitative estimate of drug-likeness (QED) is 0.501. The molecule has 2 rings (SSSR count). The molecule has 0 amide bonds. The summed E-state index contributed by atoms with van der Waals surface area (Å²) in [6.07, 6.45) is 9.43. The predicted octanol–water partition coefficient (Wildman–Crippen LogP) is 2.83. The van der Waals surface area contributed by atoms with Crippen LogP contribution < -0.4 is 0 Å². The van der Waals surface area contributed by atoms with E-state index in [4.69, 9.17) is 4.74 Å². The molecule has 0 N–H and O–H groups in total. The lowest BCUT2D eigenvalue weighted by Crippen LogP contribution is -2.08. The van der Waals surface area contributed by atoms with Crippen LogP contribution in [0.5, 0.6) is 0 Å². The number of epoxide rings is 1. The van der Waals surface area contributed by atoms with Gasteiger partial charge in [-0.1, -0.05) is 24.3 Å². The Labute approximate surface area is 74.1 Å². The topological polar surface area (TPSA) is 12.5 Å². The number of fused-ring (bicyclic) bond motifs is 1. The maximum absolute atomic E-state index is 5.65. The van der Waals surface area contributed by atoms with Gasteiger partial charge in [0.1, 0.15) is 0 Å². The van der Waals surface area contributed by atoms with E-state index >= 15 is 0 Å². The summed E-state index contributed by atoms with van der Waals surface area (Å²) in [4.78, 5) is 0. The van der Waals surface area contributed by atoms with Gasteiger partial charge in [0.25, 0.3) is 0 Å². The fourth-order valence-electron chi connectivity index (χ4n) is 1.89. The molecule has 0 bridgehead atoms. The standard InChI is InChI=1S/C11H16O/c1-9-5-3-4-8-11(2)10(12-11)7-6-9/h3,5,10H,1,4,6-8H2,2H3/b5-3-/t10-,11-/m0/s1. The molecule has 0 unspecified atom stereocenters. The molecule has 1 saturated heterocycles. The SMILES string of the molecule is C=C1/C=C\CC[C@]2(C)O[C@H]2CC1. The van der Waals surface area contributed by atoms with Crippen LogP contribution in [-0.4, -0.2) is 11.7 Å². The number of allylic oxidation sites excluding steroid dienone is 3. The van der Waals surface area contributed by atoms with Crippen molar-refractivity contribution >= 4 is 0 Å². The first-order valence-electron chi connectivity index (χ1n) is 4.73. The van der Waals surface area contributed by atoms with Crippen molar-refractivity contribution in [1.29, 1.82) is 0 Å². The molecular weight excluding hydrogens is 148 g/mol. The third-order valence-corrected chi connectivity index (χ3v) is 2.92. The lowest BCUT2D eigenvalue weighted by atomic mass is 9.99. The molecule has 1 aliphatic carbocycles. The van der Waals surface area contributed by atoms with E-state index in [1.807, 2.05) is 0 Å². The number of rotatable bonds is 0. The van der Waals surface area contributed by atoms with Gasteiger partial charge >= 0.3 is 0 Å². The van der Waals surface area contributed by atoms with E-state index < -0.39 is 0 Å². The van der Waals surface area contributed by atoms with Gasteiger partial charge in [0.2, 0.25) is 0 Å². The van der Waals surface area contributed by atoms with Crippen LogP contribution in [0.4, 0.5) is 0 Å². The van der Waals surface area contributed by atoms with E-state index in [-0.39, 0.29) is 5.60 Å². The van der Waals surface area contributed by atoms with E-state index in [1.165, 1.54) is 12.0 Å². The second-order valence-electron chi connectivity index (χ2n) is 4.06. The van der Waals surface area contributed by atoms with Crippen LogP contribution in [0.2, 0.25) is 0 Å². The van der Waals surface area contributed by atoms with E-state index in [9.17, 15) is 0 Å². The second kappa shape index (κ2) is 2.74.